The number of carbonyl (C=O) groups is 6. The minimum atomic E-state index is -1.52. The summed E-state index contributed by atoms with van der Waals surface area (Å²) in [6.07, 6.45) is -0.282. The zero-order chi connectivity index (χ0) is 32.3. The summed E-state index contributed by atoms with van der Waals surface area (Å²) in [6, 6.07) is 3.97. The highest BCUT2D eigenvalue weighted by Crippen LogP contribution is 2.14. The van der Waals surface area contributed by atoms with E-state index >= 15 is 0 Å². The molecular weight excluding hydrogens is 560 g/mol. The molecule has 4 atom stereocenters. The van der Waals surface area contributed by atoms with Gasteiger partial charge in [-0.25, -0.2) is 0 Å². The summed E-state index contributed by atoms with van der Waals surface area (Å²) >= 11 is 0. The molecule has 43 heavy (non-hydrogen) atoms. The molecule has 1 aromatic rings. The minimum absolute atomic E-state index is 0.0454. The topological polar surface area (TPSA) is 230 Å². The zero-order valence-electron chi connectivity index (χ0n) is 24.9. The van der Waals surface area contributed by atoms with Crippen LogP contribution in [0.2, 0.25) is 0 Å². The number of aliphatic carboxylic acids is 1. The molecule has 1 fully saturated rings. The van der Waals surface area contributed by atoms with E-state index in [-0.39, 0.29) is 25.3 Å². The quantitative estimate of drug-likeness (QED) is 0.106. The van der Waals surface area contributed by atoms with Gasteiger partial charge in [-0.3, -0.25) is 33.8 Å². The van der Waals surface area contributed by atoms with Crippen LogP contribution in [-0.4, -0.2) is 108 Å². The van der Waals surface area contributed by atoms with Gasteiger partial charge in [-0.05, 0) is 24.3 Å². The molecule has 1 aliphatic heterocycles. The predicted octanol–water partition coefficient (Wildman–Crippen LogP) is -1.83. The van der Waals surface area contributed by atoms with Gasteiger partial charge in [0.25, 0.3) is 0 Å². The Morgan fingerprint density at radius 1 is 0.977 bits per heavy atom. The number of rotatable bonds is 9. The number of carboxylic acid groups (broad SMARTS) is 1. The van der Waals surface area contributed by atoms with Crippen molar-refractivity contribution >= 4 is 41.5 Å². The number of nitrogens with one attached hydrogen (secondary N) is 3. The molecule has 5 amide bonds. The molecule has 236 valence electrons. The molecule has 1 heterocycles. The number of aliphatic imine (C=N–C) groups is 1. The summed E-state index contributed by atoms with van der Waals surface area (Å²) in [5, 5.41) is 17.3. The van der Waals surface area contributed by atoms with Crippen LogP contribution >= 0.6 is 0 Å². The monoisotopic (exact) mass is 602 g/mol. The van der Waals surface area contributed by atoms with Crippen molar-refractivity contribution < 1.29 is 33.9 Å². The van der Waals surface area contributed by atoms with E-state index in [0.29, 0.717) is 12.0 Å². The lowest BCUT2D eigenvalue weighted by molar-refractivity contribution is -0.146. The van der Waals surface area contributed by atoms with Crippen LogP contribution in [0.3, 0.4) is 0 Å². The maximum atomic E-state index is 13.7. The van der Waals surface area contributed by atoms with E-state index in [1.165, 1.54) is 14.1 Å². The van der Waals surface area contributed by atoms with Gasteiger partial charge in [0, 0.05) is 27.1 Å². The number of nitrogens with zero attached hydrogens (tertiary/aromatic N) is 3. The van der Waals surface area contributed by atoms with E-state index in [0.717, 1.165) is 9.80 Å². The second kappa shape index (κ2) is 16.1. The van der Waals surface area contributed by atoms with Crippen molar-refractivity contribution in [2.24, 2.45) is 22.4 Å². The standard InChI is InChI=1S/C28H42N8O7/c1-16(2)23-25(41)33-18(11-8-12-31-28(29)30)26(42)35(3)15-21(37)32-19(14-22(38)39)27(43)36(4)20(24(40)34-23)13-17-9-6-5-7-10-17/h5-7,9-10,16,18-20,23H,8,11-15H2,1-4H3,(H,32,37)(H,33,41)(H,34,40)(H,38,39)(H4,29,30,31)/t18-,19-,20+,23-/m0/s1. The van der Waals surface area contributed by atoms with Gasteiger partial charge in [0.05, 0.1) is 13.0 Å². The van der Waals surface area contributed by atoms with Crippen LogP contribution in [0.1, 0.15) is 38.7 Å². The molecule has 1 aliphatic rings. The third-order valence-corrected chi connectivity index (χ3v) is 6.97. The summed E-state index contributed by atoms with van der Waals surface area (Å²) in [4.78, 5) is 84.7. The van der Waals surface area contributed by atoms with Crippen molar-refractivity contribution in [2.45, 2.75) is 63.7 Å². The first-order valence-electron chi connectivity index (χ1n) is 13.9. The Morgan fingerprint density at radius 3 is 2.21 bits per heavy atom. The highest BCUT2D eigenvalue weighted by molar-refractivity contribution is 5.98. The van der Waals surface area contributed by atoms with E-state index in [9.17, 15) is 33.9 Å². The zero-order valence-corrected chi connectivity index (χ0v) is 24.9. The lowest BCUT2D eigenvalue weighted by Gasteiger charge is -2.32. The Bertz CT molecular complexity index is 1200. The van der Waals surface area contributed by atoms with E-state index < -0.39 is 78.6 Å². The first-order chi connectivity index (χ1) is 20.2. The Kier molecular flexibility index (Phi) is 12.9. The Hall–Kier alpha value is -4.69. The molecule has 0 radical (unpaired) electrons. The van der Waals surface area contributed by atoms with Crippen LogP contribution in [0, 0.1) is 5.92 Å². The number of nitrogens with two attached hydrogens (primary N) is 2. The largest absolute Gasteiger partial charge is 0.481 e. The molecule has 0 unspecified atom stereocenters. The van der Waals surface area contributed by atoms with Gasteiger partial charge in [0.15, 0.2) is 5.96 Å². The molecule has 0 bridgehead atoms. The van der Waals surface area contributed by atoms with Gasteiger partial charge in [-0.1, -0.05) is 44.2 Å². The average Bonchev–Trinajstić information content (AvgIpc) is 2.93. The molecule has 8 N–H and O–H groups in total. The minimum Gasteiger partial charge on any atom is -0.481 e. The molecule has 1 aromatic carbocycles. The second-order valence-corrected chi connectivity index (χ2v) is 10.8. The molecule has 0 saturated carbocycles. The van der Waals surface area contributed by atoms with Crippen LogP contribution in [0.4, 0.5) is 0 Å². The fourth-order valence-electron chi connectivity index (χ4n) is 4.62. The van der Waals surface area contributed by atoms with Crippen LogP contribution in [0.15, 0.2) is 35.3 Å². The lowest BCUT2D eigenvalue weighted by atomic mass is 9.99. The predicted molar refractivity (Wildman–Crippen MR) is 157 cm³/mol. The summed E-state index contributed by atoms with van der Waals surface area (Å²) in [5.41, 5.74) is 11.5. The molecule has 0 spiro atoms. The van der Waals surface area contributed by atoms with Crippen LogP contribution in [0.5, 0.6) is 0 Å². The molecular formula is C28H42N8O7. The maximum absolute atomic E-state index is 13.7. The molecule has 0 aromatic heterocycles. The molecule has 0 aliphatic carbocycles. The Morgan fingerprint density at radius 2 is 1.63 bits per heavy atom. The third-order valence-electron chi connectivity index (χ3n) is 6.97. The molecule has 15 heteroatoms. The fraction of sp³-hybridized carbons (Fsp3) is 0.536. The fourth-order valence-corrected chi connectivity index (χ4v) is 4.62. The second-order valence-electron chi connectivity index (χ2n) is 10.8. The van der Waals surface area contributed by atoms with Gasteiger partial charge in [0.1, 0.15) is 24.2 Å². The Labute approximate surface area is 250 Å². The number of hydrogen-bond acceptors (Lipinski definition) is 7. The highest BCUT2D eigenvalue weighted by atomic mass is 16.4. The van der Waals surface area contributed by atoms with Crippen LogP contribution in [0.25, 0.3) is 0 Å². The van der Waals surface area contributed by atoms with Gasteiger partial charge in [-0.2, -0.15) is 0 Å². The number of benzene rings is 1. The first kappa shape index (κ1) is 34.5. The van der Waals surface area contributed by atoms with Crippen LogP contribution < -0.4 is 27.4 Å². The van der Waals surface area contributed by atoms with Gasteiger partial charge >= 0.3 is 5.97 Å². The van der Waals surface area contributed by atoms with E-state index in [4.69, 9.17) is 11.5 Å². The maximum Gasteiger partial charge on any atom is 0.305 e. The summed E-state index contributed by atoms with van der Waals surface area (Å²) < 4.78 is 0. The molecule has 1 saturated heterocycles. The van der Waals surface area contributed by atoms with Gasteiger partial charge < -0.3 is 42.3 Å². The lowest BCUT2D eigenvalue weighted by Crippen LogP contribution is -2.59. The number of guanidine groups is 1. The van der Waals surface area contributed by atoms with Gasteiger partial charge in [0.2, 0.25) is 29.5 Å². The SMILES string of the molecule is CC(C)[C@@H]1NC(=O)[C@@H](Cc2ccccc2)N(C)C(=O)[C@H](CC(=O)O)NC(=O)CN(C)C(=O)[C@H](CCCN=C(N)N)NC1=O. The number of amides is 5. The van der Waals surface area contributed by atoms with Crippen molar-refractivity contribution in [3.8, 4) is 0 Å². The smallest absolute Gasteiger partial charge is 0.305 e. The van der Waals surface area contributed by atoms with E-state index in [1.54, 1.807) is 44.2 Å². The van der Waals surface area contributed by atoms with Crippen molar-refractivity contribution in [3.05, 3.63) is 35.9 Å². The van der Waals surface area contributed by atoms with Crippen molar-refractivity contribution in [1.29, 1.82) is 0 Å². The summed E-state index contributed by atoms with van der Waals surface area (Å²) in [5.74, 6) is -5.44. The number of likely N-dealkylation sites (N-methyl/N-ethyl adjacent to an activating group) is 2. The molecule has 2 rings (SSSR count). The van der Waals surface area contributed by atoms with Crippen LogP contribution in [-0.2, 0) is 35.2 Å². The van der Waals surface area contributed by atoms with Crippen molar-refractivity contribution in [1.82, 2.24) is 25.8 Å². The normalized spacial score (nSPS) is 22.7. The number of carbonyl (C=O) groups excluding carboxylic acids is 5. The van der Waals surface area contributed by atoms with E-state index in [1.807, 2.05) is 0 Å². The summed E-state index contributed by atoms with van der Waals surface area (Å²) in [7, 11) is 2.67. The van der Waals surface area contributed by atoms with Gasteiger partial charge in [-0.15, -0.1) is 0 Å². The molecule has 15 nitrogen and oxygen atoms in total. The Balaban J connectivity index is 2.54. The first-order valence-corrected chi connectivity index (χ1v) is 13.9. The van der Waals surface area contributed by atoms with Crippen molar-refractivity contribution in [3.63, 3.8) is 0 Å². The average molecular weight is 603 g/mol. The number of carboxylic acids is 1. The highest BCUT2D eigenvalue weighted by Gasteiger charge is 2.37. The van der Waals surface area contributed by atoms with E-state index in [2.05, 4.69) is 20.9 Å². The summed E-state index contributed by atoms with van der Waals surface area (Å²) in [6.45, 7) is 3.09. The third kappa shape index (κ3) is 10.6. The van der Waals surface area contributed by atoms with Crippen molar-refractivity contribution in [2.75, 3.05) is 27.2 Å². The number of hydrogen-bond donors (Lipinski definition) is 6.